The summed E-state index contributed by atoms with van der Waals surface area (Å²) in [5, 5.41) is 0. The molecule has 4 heteroatoms. The van der Waals surface area contributed by atoms with Gasteiger partial charge in [-0.15, -0.1) is 0 Å². The standard InChI is InChI=1S/Mo.2H2O.H2S/h;3*1H2/p-1. The molecule has 0 spiro atoms. The largest absolute Gasteiger partial charge is 0.813 e. The maximum atomic E-state index is 0. The van der Waals surface area contributed by atoms with Gasteiger partial charge in [0.2, 0.25) is 0 Å². The maximum absolute atomic E-state index is 0. The molecule has 0 amide bonds. The summed E-state index contributed by atoms with van der Waals surface area (Å²) in [6, 6.07) is 0. The van der Waals surface area contributed by atoms with E-state index in [1.54, 1.807) is 0 Å². The molecule has 0 aliphatic rings. The zero-order chi connectivity index (χ0) is 0. The smallest absolute Gasteiger partial charge is 0 e. The summed E-state index contributed by atoms with van der Waals surface area (Å²) in [5.74, 6) is 0. The van der Waals surface area contributed by atoms with Crippen LogP contribution in [0.1, 0.15) is 0 Å². The number of hydrogen-bond acceptors (Lipinski definition) is 1. The second-order valence-corrected chi connectivity index (χ2v) is 0. The van der Waals surface area contributed by atoms with Gasteiger partial charge in [-0.3, -0.25) is 0 Å². The van der Waals surface area contributed by atoms with Crippen LogP contribution >= 0.6 is 0 Å². The summed E-state index contributed by atoms with van der Waals surface area (Å²) in [7, 11) is 0. The van der Waals surface area contributed by atoms with Gasteiger partial charge in [-0.25, -0.2) is 0 Å². The van der Waals surface area contributed by atoms with Gasteiger partial charge in [0.25, 0.3) is 0 Å². The van der Waals surface area contributed by atoms with Gasteiger partial charge in [0.1, 0.15) is 0 Å². The Morgan fingerprint density at radius 2 is 0.750 bits per heavy atom. The van der Waals surface area contributed by atoms with Crippen molar-refractivity contribution in [1.82, 2.24) is 0 Å². The van der Waals surface area contributed by atoms with Crippen molar-refractivity contribution in [3.05, 3.63) is 0 Å². The number of rotatable bonds is 0. The van der Waals surface area contributed by atoms with Gasteiger partial charge in [-0.2, -0.15) is 0 Å². The van der Waals surface area contributed by atoms with E-state index in [1.807, 2.05) is 0 Å². The molecular weight excluding hydrogens is 160 g/mol. The maximum Gasteiger partial charge on any atom is 0 e. The van der Waals surface area contributed by atoms with E-state index in [-0.39, 0.29) is 45.5 Å². The Morgan fingerprint density at radius 3 is 0.750 bits per heavy atom. The first-order chi connectivity index (χ1) is 0. The van der Waals surface area contributed by atoms with Crippen molar-refractivity contribution in [3.8, 4) is 0 Å². The summed E-state index contributed by atoms with van der Waals surface area (Å²) < 4.78 is 0. The third-order valence-electron chi connectivity index (χ3n) is 0. The summed E-state index contributed by atoms with van der Waals surface area (Å²) in [5.41, 5.74) is 0. The average Bonchev–Trinajstić information content (AvgIpc) is 0. The van der Waals surface area contributed by atoms with E-state index in [1.165, 1.54) is 0 Å². The minimum atomic E-state index is 0. The molecule has 0 heterocycles. The van der Waals surface area contributed by atoms with Gasteiger partial charge in [0.05, 0.1) is 0 Å². The third kappa shape index (κ3) is 12.4. The fourth-order valence-electron chi connectivity index (χ4n) is 0. The molecule has 0 atom stereocenters. The van der Waals surface area contributed by atoms with Gasteiger partial charge < -0.3 is 24.4 Å². The quantitative estimate of drug-likeness (QED) is 0.234. The van der Waals surface area contributed by atoms with Gasteiger partial charge in [-0.1, -0.05) is 0 Å². The Morgan fingerprint density at radius 1 is 0.750 bits per heavy atom. The van der Waals surface area contributed by atoms with E-state index in [0.29, 0.717) is 0 Å². The predicted molar refractivity (Wildman–Crippen MR) is 16.0 cm³/mol. The molecule has 30 valence electrons. The Balaban J connectivity index is 0. The molecule has 0 fully saturated rings. The average molecular weight is 165 g/mol. The van der Waals surface area contributed by atoms with E-state index < -0.39 is 0 Å². The van der Waals surface area contributed by atoms with Crippen LogP contribution in [0.15, 0.2) is 0 Å². The van der Waals surface area contributed by atoms with Gasteiger partial charge in [0, 0.05) is 21.1 Å². The van der Waals surface area contributed by atoms with E-state index in [4.69, 9.17) is 0 Å². The Labute approximate surface area is 45.9 Å². The van der Waals surface area contributed by atoms with Crippen molar-refractivity contribution in [1.29, 1.82) is 0 Å². The van der Waals surface area contributed by atoms with Gasteiger partial charge in [-0.05, 0) is 0 Å². The molecule has 0 radical (unpaired) electrons. The second-order valence-electron chi connectivity index (χ2n) is 0. The van der Waals surface area contributed by atoms with E-state index in [2.05, 4.69) is 0 Å². The molecule has 0 aromatic rings. The van der Waals surface area contributed by atoms with Crippen molar-refractivity contribution >= 4 is 13.5 Å². The molecule has 0 saturated heterocycles. The number of hydrogen-bond donors (Lipinski definition) is 0. The van der Waals surface area contributed by atoms with Gasteiger partial charge in [0.15, 0.2) is 0 Å². The molecule has 0 rings (SSSR count). The predicted octanol–water partition coefficient (Wildman–Crippen LogP) is -1.92. The fraction of sp³-hybridized carbons (Fsp3) is 0. The first kappa shape index (κ1) is 84.6. The van der Waals surface area contributed by atoms with Crippen LogP contribution < -0.4 is 0 Å². The summed E-state index contributed by atoms with van der Waals surface area (Å²) in [6.07, 6.45) is 0. The van der Waals surface area contributed by atoms with Crippen LogP contribution in [0.2, 0.25) is 0 Å². The molecule has 4 heavy (non-hydrogen) atoms. The molecule has 0 bridgehead atoms. The van der Waals surface area contributed by atoms with Crippen molar-refractivity contribution in [2.24, 2.45) is 0 Å². The minimum Gasteiger partial charge on any atom is -0.813 e. The Kier molecular flexibility index (Phi) is 798. The van der Waals surface area contributed by atoms with Crippen molar-refractivity contribution in [2.45, 2.75) is 0 Å². The van der Waals surface area contributed by atoms with Crippen LogP contribution in [-0.4, -0.2) is 11.0 Å². The van der Waals surface area contributed by atoms with E-state index >= 15 is 0 Å². The van der Waals surface area contributed by atoms with Crippen LogP contribution in [0.3, 0.4) is 0 Å². The van der Waals surface area contributed by atoms with Crippen LogP contribution in [0.5, 0.6) is 0 Å². The molecule has 0 aliphatic carbocycles. The zero-order valence-corrected chi connectivity index (χ0v) is 4.76. The molecular formula is H5MoO2S-. The summed E-state index contributed by atoms with van der Waals surface area (Å²) in [6.45, 7) is 0. The molecule has 2 nitrogen and oxygen atoms in total. The zero-order valence-electron chi connectivity index (χ0n) is 1.86. The number of thiol groups is 1. The third-order valence-corrected chi connectivity index (χ3v) is 0. The van der Waals surface area contributed by atoms with Crippen molar-refractivity contribution in [2.75, 3.05) is 0 Å². The minimum absolute atomic E-state index is 0. The first-order valence-corrected chi connectivity index (χ1v) is 0. The van der Waals surface area contributed by atoms with Crippen LogP contribution in [-0.2, 0) is 34.6 Å². The second kappa shape index (κ2) is 37.7. The summed E-state index contributed by atoms with van der Waals surface area (Å²) in [4.78, 5) is 0. The van der Waals surface area contributed by atoms with Gasteiger partial charge >= 0.3 is 0 Å². The molecule has 4 N–H and O–H groups in total. The van der Waals surface area contributed by atoms with Crippen molar-refractivity contribution in [3.63, 3.8) is 0 Å². The van der Waals surface area contributed by atoms with E-state index in [9.17, 15) is 0 Å². The molecule has 0 aromatic heterocycles. The summed E-state index contributed by atoms with van der Waals surface area (Å²) >= 11 is 0. The van der Waals surface area contributed by atoms with Crippen molar-refractivity contribution < 1.29 is 32.0 Å². The SMILES string of the molecule is O.O.[Mo].[SH-]. The first-order valence-electron chi connectivity index (χ1n) is 0. The Bertz CT molecular complexity index is 6.00. The molecule has 0 aliphatic heterocycles. The molecule has 0 saturated carbocycles. The normalized spacial score (nSPS) is 0. The topological polar surface area (TPSA) is 63.0 Å². The molecule has 0 unspecified atom stereocenters. The molecule has 0 aromatic carbocycles. The van der Waals surface area contributed by atoms with E-state index in [0.717, 1.165) is 0 Å². The van der Waals surface area contributed by atoms with Crippen LogP contribution in [0.4, 0.5) is 0 Å². The Hall–Kier alpha value is 0.958. The van der Waals surface area contributed by atoms with Crippen LogP contribution in [0.25, 0.3) is 0 Å². The fourth-order valence-corrected chi connectivity index (χ4v) is 0. The monoisotopic (exact) mass is 167 g/mol. The van der Waals surface area contributed by atoms with Crippen LogP contribution in [0, 0.1) is 0 Å².